The summed E-state index contributed by atoms with van der Waals surface area (Å²) in [6.45, 7) is 6.14. The predicted molar refractivity (Wildman–Crippen MR) is 64.3 cm³/mol. The molecule has 5 nitrogen and oxygen atoms in total. The molecule has 1 unspecified atom stereocenters. The second-order valence-corrected chi connectivity index (χ2v) is 3.66. The minimum Gasteiger partial charge on any atom is -0.383 e. The fourth-order valence-corrected chi connectivity index (χ4v) is 1.66. The van der Waals surface area contributed by atoms with Crippen molar-refractivity contribution in [2.75, 3.05) is 25.2 Å². The minimum atomic E-state index is 0.275. The largest absolute Gasteiger partial charge is 0.383 e. The first kappa shape index (κ1) is 12.9. The van der Waals surface area contributed by atoms with Crippen LogP contribution in [0.5, 0.6) is 0 Å². The van der Waals surface area contributed by atoms with Crippen LogP contribution in [0.15, 0.2) is 12.4 Å². The molecular weight excluding hydrogens is 204 g/mol. The zero-order valence-electron chi connectivity index (χ0n) is 10.2. The van der Waals surface area contributed by atoms with Crippen LogP contribution in [-0.4, -0.2) is 36.3 Å². The van der Waals surface area contributed by atoms with Gasteiger partial charge in [-0.05, 0) is 13.8 Å². The molecule has 2 N–H and O–H groups in total. The van der Waals surface area contributed by atoms with E-state index in [2.05, 4.69) is 28.7 Å². The van der Waals surface area contributed by atoms with Gasteiger partial charge in [0, 0.05) is 26.4 Å². The second-order valence-electron chi connectivity index (χ2n) is 3.66. The number of nitrogens with two attached hydrogens (primary N) is 1. The van der Waals surface area contributed by atoms with Crippen molar-refractivity contribution in [3.05, 3.63) is 18.1 Å². The quantitative estimate of drug-likeness (QED) is 0.774. The average molecular weight is 224 g/mol. The van der Waals surface area contributed by atoms with Gasteiger partial charge in [0.05, 0.1) is 24.5 Å². The number of ether oxygens (including phenoxy) is 1. The van der Waals surface area contributed by atoms with Gasteiger partial charge in [-0.25, -0.2) is 4.98 Å². The van der Waals surface area contributed by atoms with Gasteiger partial charge in [0.25, 0.3) is 0 Å². The van der Waals surface area contributed by atoms with E-state index in [4.69, 9.17) is 10.5 Å². The molecule has 1 aromatic rings. The molecule has 0 aliphatic heterocycles. The number of anilines is 1. The molecule has 5 heteroatoms. The van der Waals surface area contributed by atoms with E-state index in [0.29, 0.717) is 13.2 Å². The van der Waals surface area contributed by atoms with Gasteiger partial charge in [-0.1, -0.05) is 0 Å². The number of methoxy groups -OCH3 is 1. The summed E-state index contributed by atoms with van der Waals surface area (Å²) in [6, 6.07) is 0.275. The first-order valence-electron chi connectivity index (χ1n) is 5.49. The summed E-state index contributed by atoms with van der Waals surface area (Å²) in [4.78, 5) is 10.7. The van der Waals surface area contributed by atoms with Crippen LogP contribution in [-0.2, 0) is 11.3 Å². The highest BCUT2D eigenvalue weighted by Gasteiger charge is 2.14. The van der Waals surface area contributed by atoms with Crippen LogP contribution in [0.3, 0.4) is 0 Å². The van der Waals surface area contributed by atoms with Crippen molar-refractivity contribution in [2.45, 2.75) is 26.4 Å². The summed E-state index contributed by atoms with van der Waals surface area (Å²) in [5, 5.41) is 0. The van der Waals surface area contributed by atoms with Crippen LogP contribution in [0.25, 0.3) is 0 Å². The first-order valence-corrected chi connectivity index (χ1v) is 5.49. The van der Waals surface area contributed by atoms with Gasteiger partial charge in [-0.2, -0.15) is 0 Å². The summed E-state index contributed by atoms with van der Waals surface area (Å²) < 4.78 is 5.15. The van der Waals surface area contributed by atoms with E-state index in [0.717, 1.165) is 18.1 Å². The molecule has 90 valence electrons. The van der Waals surface area contributed by atoms with E-state index in [1.54, 1.807) is 19.5 Å². The highest BCUT2D eigenvalue weighted by Crippen LogP contribution is 2.13. The van der Waals surface area contributed by atoms with Crippen molar-refractivity contribution in [1.82, 2.24) is 9.97 Å². The Hall–Kier alpha value is -1.20. The molecule has 0 fully saturated rings. The number of hydrogen-bond acceptors (Lipinski definition) is 5. The van der Waals surface area contributed by atoms with E-state index >= 15 is 0 Å². The summed E-state index contributed by atoms with van der Waals surface area (Å²) in [5.41, 5.74) is 6.36. The number of nitrogens with zero attached hydrogens (tertiary/aromatic N) is 3. The zero-order chi connectivity index (χ0) is 12.0. The third-order valence-corrected chi connectivity index (χ3v) is 2.46. The lowest BCUT2D eigenvalue weighted by Crippen LogP contribution is -2.37. The number of aromatic nitrogens is 2. The van der Waals surface area contributed by atoms with Crippen molar-refractivity contribution < 1.29 is 4.74 Å². The summed E-state index contributed by atoms with van der Waals surface area (Å²) in [6.07, 6.45) is 3.45. The third-order valence-electron chi connectivity index (χ3n) is 2.46. The molecule has 0 spiro atoms. The van der Waals surface area contributed by atoms with Crippen LogP contribution >= 0.6 is 0 Å². The van der Waals surface area contributed by atoms with E-state index in [-0.39, 0.29) is 6.04 Å². The maximum absolute atomic E-state index is 5.55. The molecule has 1 aromatic heterocycles. The Bertz CT molecular complexity index is 319. The molecule has 1 rings (SSSR count). The van der Waals surface area contributed by atoms with E-state index in [1.165, 1.54) is 0 Å². The smallest absolute Gasteiger partial charge is 0.147 e. The molecule has 0 saturated carbocycles. The standard InChI is InChI=1S/C11H20N4O/c1-4-15(9(2)8-16-3)11-7-13-6-10(5-12)14-11/h6-7,9H,4-5,8,12H2,1-3H3. The Kier molecular flexibility index (Phi) is 5.14. The fourth-order valence-electron chi connectivity index (χ4n) is 1.66. The molecule has 0 aliphatic carbocycles. The predicted octanol–water partition coefficient (Wildman–Crippen LogP) is 0.796. The van der Waals surface area contributed by atoms with Crippen molar-refractivity contribution in [1.29, 1.82) is 0 Å². The molecule has 0 amide bonds. The van der Waals surface area contributed by atoms with Crippen LogP contribution < -0.4 is 10.6 Å². The lowest BCUT2D eigenvalue weighted by Gasteiger charge is -2.28. The highest BCUT2D eigenvalue weighted by molar-refractivity contribution is 5.37. The second kappa shape index (κ2) is 6.40. The van der Waals surface area contributed by atoms with E-state index in [9.17, 15) is 0 Å². The summed E-state index contributed by atoms with van der Waals surface area (Å²) in [5.74, 6) is 0.856. The van der Waals surface area contributed by atoms with Gasteiger partial charge in [0.1, 0.15) is 5.82 Å². The van der Waals surface area contributed by atoms with Gasteiger partial charge >= 0.3 is 0 Å². The van der Waals surface area contributed by atoms with Crippen LogP contribution in [0.1, 0.15) is 19.5 Å². The molecule has 1 atom stereocenters. The molecule has 16 heavy (non-hydrogen) atoms. The van der Waals surface area contributed by atoms with Crippen LogP contribution in [0, 0.1) is 0 Å². The maximum atomic E-state index is 5.55. The van der Waals surface area contributed by atoms with Crippen LogP contribution in [0.2, 0.25) is 0 Å². The van der Waals surface area contributed by atoms with Crippen LogP contribution in [0.4, 0.5) is 5.82 Å². The highest BCUT2D eigenvalue weighted by atomic mass is 16.5. The van der Waals surface area contributed by atoms with Crippen molar-refractivity contribution in [3.63, 3.8) is 0 Å². The van der Waals surface area contributed by atoms with Crippen molar-refractivity contribution >= 4 is 5.82 Å². The molecule has 0 radical (unpaired) electrons. The normalized spacial score (nSPS) is 12.5. The maximum Gasteiger partial charge on any atom is 0.147 e. The Labute approximate surface area is 96.6 Å². The molecule has 0 saturated heterocycles. The molecule has 1 heterocycles. The average Bonchev–Trinajstić information content (AvgIpc) is 2.31. The Morgan fingerprint density at radius 3 is 2.81 bits per heavy atom. The fraction of sp³-hybridized carbons (Fsp3) is 0.636. The minimum absolute atomic E-state index is 0.275. The number of rotatable bonds is 6. The third kappa shape index (κ3) is 3.15. The summed E-state index contributed by atoms with van der Waals surface area (Å²) >= 11 is 0. The Balaban J connectivity index is 2.85. The lowest BCUT2D eigenvalue weighted by atomic mass is 10.3. The summed E-state index contributed by atoms with van der Waals surface area (Å²) in [7, 11) is 1.70. The molecule has 0 bridgehead atoms. The zero-order valence-corrected chi connectivity index (χ0v) is 10.2. The van der Waals surface area contributed by atoms with Gasteiger partial charge in [-0.15, -0.1) is 0 Å². The van der Waals surface area contributed by atoms with E-state index < -0.39 is 0 Å². The van der Waals surface area contributed by atoms with Gasteiger partial charge in [0.15, 0.2) is 0 Å². The monoisotopic (exact) mass is 224 g/mol. The Morgan fingerprint density at radius 1 is 1.50 bits per heavy atom. The molecule has 0 aromatic carbocycles. The van der Waals surface area contributed by atoms with Gasteiger partial charge in [-0.3, -0.25) is 4.98 Å². The van der Waals surface area contributed by atoms with Gasteiger partial charge < -0.3 is 15.4 Å². The lowest BCUT2D eigenvalue weighted by molar-refractivity contribution is 0.181. The molecular formula is C11H20N4O. The topological polar surface area (TPSA) is 64.3 Å². The van der Waals surface area contributed by atoms with Gasteiger partial charge in [0.2, 0.25) is 0 Å². The number of likely N-dealkylation sites (N-methyl/N-ethyl adjacent to an activating group) is 1. The molecule has 0 aliphatic rings. The van der Waals surface area contributed by atoms with Crippen molar-refractivity contribution in [2.24, 2.45) is 5.73 Å². The SMILES string of the molecule is CCN(c1cncc(CN)n1)C(C)COC. The van der Waals surface area contributed by atoms with Crippen molar-refractivity contribution in [3.8, 4) is 0 Å². The first-order chi connectivity index (χ1) is 7.72. The van der Waals surface area contributed by atoms with E-state index in [1.807, 2.05) is 0 Å². The number of hydrogen-bond donors (Lipinski definition) is 1. The Morgan fingerprint density at radius 2 is 2.25 bits per heavy atom.